The van der Waals surface area contributed by atoms with Gasteiger partial charge in [0, 0.05) is 36.6 Å². The van der Waals surface area contributed by atoms with Gasteiger partial charge in [-0.2, -0.15) is 0 Å². The summed E-state index contributed by atoms with van der Waals surface area (Å²) >= 11 is 0. The van der Waals surface area contributed by atoms with Gasteiger partial charge >= 0.3 is 0 Å². The highest BCUT2D eigenvalue weighted by atomic mass is 16.5. The van der Waals surface area contributed by atoms with Gasteiger partial charge in [-0.25, -0.2) is 4.98 Å². The van der Waals surface area contributed by atoms with Crippen LogP contribution in [0.3, 0.4) is 0 Å². The van der Waals surface area contributed by atoms with Crippen LogP contribution in [0.5, 0.6) is 5.88 Å². The van der Waals surface area contributed by atoms with Crippen molar-refractivity contribution in [3.05, 3.63) is 58.1 Å². The highest BCUT2D eigenvalue weighted by Gasteiger charge is 1.99. The van der Waals surface area contributed by atoms with E-state index >= 15 is 0 Å². The summed E-state index contributed by atoms with van der Waals surface area (Å²) in [5.74, 6) is 0.596. The minimum atomic E-state index is -0.0255. The molecular formula is C13H14N2O2. The average molecular weight is 230 g/mol. The molecule has 2 aromatic rings. The molecule has 4 nitrogen and oxygen atoms in total. The molecular weight excluding hydrogens is 216 g/mol. The van der Waals surface area contributed by atoms with Crippen molar-refractivity contribution in [1.29, 1.82) is 0 Å². The second kappa shape index (κ2) is 4.82. The summed E-state index contributed by atoms with van der Waals surface area (Å²) in [6.07, 6.45) is 1.76. The third kappa shape index (κ3) is 2.93. The number of nitrogens with zero attached hydrogens (tertiary/aromatic N) is 2. The first-order valence-corrected chi connectivity index (χ1v) is 5.37. The fourth-order valence-electron chi connectivity index (χ4n) is 1.49. The molecule has 0 aliphatic carbocycles. The van der Waals surface area contributed by atoms with Crippen molar-refractivity contribution in [3.8, 4) is 5.88 Å². The lowest BCUT2D eigenvalue weighted by atomic mass is 10.3. The van der Waals surface area contributed by atoms with Crippen molar-refractivity contribution >= 4 is 0 Å². The lowest BCUT2D eigenvalue weighted by Crippen LogP contribution is -2.15. The van der Waals surface area contributed by atoms with Gasteiger partial charge in [-0.15, -0.1) is 0 Å². The van der Waals surface area contributed by atoms with E-state index in [1.807, 2.05) is 25.1 Å². The van der Waals surface area contributed by atoms with Gasteiger partial charge in [-0.1, -0.05) is 6.07 Å². The van der Waals surface area contributed by atoms with Crippen LogP contribution in [0.4, 0.5) is 0 Å². The molecule has 17 heavy (non-hydrogen) atoms. The summed E-state index contributed by atoms with van der Waals surface area (Å²) in [4.78, 5) is 15.4. The first kappa shape index (κ1) is 11.4. The van der Waals surface area contributed by atoms with Crippen LogP contribution in [0.25, 0.3) is 0 Å². The minimum Gasteiger partial charge on any atom is -0.473 e. The Morgan fingerprint density at radius 3 is 2.82 bits per heavy atom. The Kier molecular flexibility index (Phi) is 3.23. The number of hydrogen-bond donors (Lipinski definition) is 0. The van der Waals surface area contributed by atoms with E-state index in [0.717, 1.165) is 11.3 Å². The topological polar surface area (TPSA) is 44.1 Å². The molecule has 2 rings (SSSR count). The number of aromatic nitrogens is 2. The molecule has 0 saturated carbocycles. The SMILES string of the molecule is Cc1cccc(OCc2ccc(=O)n(C)c2)n1. The van der Waals surface area contributed by atoms with Gasteiger partial charge in [0.05, 0.1) is 0 Å². The fraction of sp³-hybridized carbons (Fsp3) is 0.231. The quantitative estimate of drug-likeness (QED) is 0.805. The van der Waals surface area contributed by atoms with Gasteiger partial charge in [0.1, 0.15) is 6.61 Å². The lowest BCUT2D eigenvalue weighted by molar-refractivity contribution is 0.292. The molecule has 0 bridgehead atoms. The minimum absolute atomic E-state index is 0.0255. The second-order valence-corrected chi connectivity index (χ2v) is 3.89. The molecule has 0 spiro atoms. The van der Waals surface area contributed by atoms with Crippen molar-refractivity contribution in [1.82, 2.24) is 9.55 Å². The van der Waals surface area contributed by atoms with Crippen molar-refractivity contribution in [2.24, 2.45) is 7.05 Å². The standard InChI is InChI=1S/C13H14N2O2/c1-10-4-3-5-12(14-10)17-9-11-6-7-13(16)15(2)8-11/h3-8H,9H2,1-2H3. The maximum Gasteiger partial charge on any atom is 0.250 e. The molecule has 0 N–H and O–H groups in total. The van der Waals surface area contributed by atoms with Crippen LogP contribution >= 0.6 is 0 Å². The Morgan fingerprint density at radius 2 is 2.12 bits per heavy atom. The predicted molar refractivity (Wildman–Crippen MR) is 65.0 cm³/mol. The van der Waals surface area contributed by atoms with Crippen LogP contribution in [-0.2, 0) is 13.7 Å². The van der Waals surface area contributed by atoms with E-state index < -0.39 is 0 Å². The maximum atomic E-state index is 11.2. The van der Waals surface area contributed by atoms with Crippen molar-refractivity contribution in [2.45, 2.75) is 13.5 Å². The van der Waals surface area contributed by atoms with E-state index in [1.165, 1.54) is 10.6 Å². The Morgan fingerprint density at radius 1 is 1.29 bits per heavy atom. The highest BCUT2D eigenvalue weighted by Crippen LogP contribution is 2.09. The third-order valence-corrected chi connectivity index (χ3v) is 2.40. The maximum absolute atomic E-state index is 11.2. The number of aryl methyl sites for hydroxylation is 2. The second-order valence-electron chi connectivity index (χ2n) is 3.89. The zero-order valence-corrected chi connectivity index (χ0v) is 9.88. The molecule has 2 aromatic heterocycles. The van der Waals surface area contributed by atoms with E-state index in [1.54, 1.807) is 19.3 Å². The Hall–Kier alpha value is -2.10. The largest absolute Gasteiger partial charge is 0.473 e. The third-order valence-electron chi connectivity index (χ3n) is 2.40. The van der Waals surface area contributed by atoms with E-state index in [9.17, 15) is 4.79 Å². The summed E-state index contributed by atoms with van der Waals surface area (Å²) in [7, 11) is 1.72. The normalized spacial score (nSPS) is 10.2. The lowest BCUT2D eigenvalue weighted by Gasteiger charge is -2.06. The van der Waals surface area contributed by atoms with Gasteiger partial charge in [-0.05, 0) is 19.1 Å². The molecule has 0 saturated heterocycles. The average Bonchev–Trinajstić information content (AvgIpc) is 2.31. The van der Waals surface area contributed by atoms with E-state index in [-0.39, 0.29) is 5.56 Å². The zero-order valence-electron chi connectivity index (χ0n) is 9.88. The van der Waals surface area contributed by atoms with Crippen molar-refractivity contribution in [3.63, 3.8) is 0 Å². The molecule has 0 aliphatic heterocycles. The van der Waals surface area contributed by atoms with Gasteiger partial charge in [0.2, 0.25) is 11.4 Å². The van der Waals surface area contributed by atoms with Crippen LogP contribution in [-0.4, -0.2) is 9.55 Å². The number of rotatable bonds is 3. The summed E-state index contributed by atoms with van der Waals surface area (Å²) in [6.45, 7) is 2.32. The molecule has 0 atom stereocenters. The Bertz CT molecular complexity index is 576. The van der Waals surface area contributed by atoms with Crippen LogP contribution < -0.4 is 10.3 Å². The fourth-order valence-corrected chi connectivity index (χ4v) is 1.49. The Balaban J connectivity index is 2.07. The molecule has 4 heteroatoms. The number of ether oxygens (including phenoxy) is 1. The van der Waals surface area contributed by atoms with Crippen molar-refractivity contribution in [2.75, 3.05) is 0 Å². The summed E-state index contributed by atoms with van der Waals surface area (Å²) < 4.78 is 7.07. The van der Waals surface area contributed by atoms with Gasteiger partial charge in [0.15, 0.2) is 0 Å². The van der Waals surface area contributed by atoms with Crippen LogP contribution in [0.1, 0.15) is 11.3 Å². The van der Waals surface area contributed by atoms with Gasteiger partial charge in [0.25, 0.3) is 0 Å². The molecule has 0 amide bonds. The highest BCUT2D eigenvalue weighted by molar-refractivity contribution is 5.16. The molecule has 0 unspecified atom stereocenters. The first-order valence-electron chi connectivity index (χ1n) is 5.37. The van der Waals surface area contributed by atoms with E-state index in [4.69, 9.17) is 4.74 Å². The van der Waals surface area contributed by atoms with Crippen LogP contribution in [0, 0.1) is 6.92 Å². The summed E-state index contributed by atoms with van der Waals surface area (Å²) in [5, 5.41) is 0. The van der Waals surface area contributed by atoms with Gasteiger partial charge < -0.3 is 9.30 Å². The van der Waals surface area contributed by atoms with Gasteiger partial charge in [-0.3, -0.25) is 4.79 Å². The number of pyridine rings is 2. The number of hydrogen-bond acceptors (Lipinski definition) is 3. The Labute approximate surface area is 99.5 Å². The monoisotopic (exact) mass is 230 g/mol. The first-order chi connectivity index (χ1) is 8.15. The zero-order chi connectivity index (χ0) is 12.3. The van der Waals surface area contributed by atoms with E-state index in [0.29, 0.717) is 12.5 Å². The summed E-state index contributed by atoms with van der Waals surface area (Å²) in [6, 6.07) is 8.92. The molecule has 0 aliphatic rings. The molecule has 2 heterocycles. The molecule has 0 fully saturated rings. The predicted octanol–water partition coefficient (Wildman–Crippen LogP) is 1.67. The molecule has 0 radical (unpaired) electrons. The molecule has 88 valence electrons. The van der Waals surface area contributed by atoms with Crippen molar-refractivity contribution < 1.29 is 4.74 Å². The van der Waals surface area contributed by atoms with Crippen LogP contribution in [0.2, 0.25) is 0 Å². The van der Waals surface area contributed by atoms with E-state index in [2.05, 4.69) is 4.98 Å². The summed E-state index contributed by atoms with van der Waals surface area (Å²) in [5.41, 5.74) is 1.83. The molecule has 0 aromatic carbocycles. The smallest absolute Gasteiger partial charge is 0.250 e. The van der Waals surface area contributed by atoms with Crippen LogP contribution in [0.15, 0.2) is 41.3 Å².